The van der Waals surface area contributed by atoms with Crippen LogP contribution in [0.25, 0.3) is 0 Å². The van der Waals surface area contributed by atoms with Crippen LogP contribution in [0.15, 0.2) is 36.4 Å². The fourth-order valence-electron chi connectivity index (χ4n) is 2.66. The highest BCUT2D eigenvalue weighted by molar-refractivity contribution is 6.05. The largest absolute Gasteiger partial charge is 0.319 e. The molecule has 4 nitrogen and oxygen atoms in total. The van der Waals surface area contributed by atoms with E-state index in [4.69, 9.17) is 0 Å². The van der Waals surface area contributed by atoms with E-state index < -0.39 is 17.5 Å². The lowest BCUT2D eigenvalue weighted by Crippen LogP contribution is -2.25. The smallest absolute Gasteiger partial charge is 0.255 e. The number of nitrogens with zero attached hydrogens (tertiary/aromatic N) is 1. The van der Waals surface area contributed by atoms with Gasteiger partial charge in [-0.15, -0.1) is 0 Å². The second-order valence-corrected chi connectivity index (χ2v) is 5.32. The zero-order chi connectivity index (χ0) is 16.6. The maximum Gasteiger partial charge on any atom is 0.255 e. The molecule has 2 aromatic rings. The molecule has 118 valence electrons. The minimum absolute atomic E-state index is 0.0530. The first-order chi connectivity index (χ1) is 11.0. The van der Waals surface area contributed by atoms with Crippen molar-refractivity contribution in [2.24, 2.45) is 0 Å². The molecule has 0 radical (unpaired) electrons. The first-order valence-corrected chi connectivity index (χ1v) is 7.14. The number of amides is 2. The van der Waals surface area contributed by atoms with Gasteiger partial charge in [0.15, 0.2) is 11.6 Å². The lowest BCUT2D eigenvalue weighted by atomic mass is 10.1. The molecule has 0 atom stereocenters. The SMILES string of the molecule is CC(=O)N1CCc2cc(C(=O)Nc3cccc(F)c3F)ccc21. The van der Waals surface area contributed by atoms with E-state index in [0.29, 0.717) is 18.5 Å². The standard InChI is InChI=1S/C17H14F2N2O2/c1-10(22)21-8-7-11-9-12(5-6-15(11)21)17(23)20-14-4-2-3-13(18)16(14)19/h2-6,9H,7-8H2,1H3,(H,20,23). The van der Waals surface area contributed by atoms with Crippen LogP contribution in [0.3, 0.4) is 0 Å². The van der Waals surface area contributed by atoms with E-state index in [1.54, 1.807) is 23.1 Å². The Morgan fingerprint density at radius 3 is 2.70 bits per heavy atom. The van der Waals surface area contributed by atoms with Gasteiger partial charge in [-0.3, -0.25) is 9.59 Å². The van der Waals surface area contributed by atoms with Gasteiger partial charge >= 0.3 is 0 Å². The van der Waals surface area contributed by atoms with Gasteiger partial charge in [0, 0.05) is 24.7 Å². The Labute approximate surface area is 131 Å². The quantitative estimate of drug-likeness (QED) is 0.925. The highest BCUT2D eigenvalue weighted by Gasteiger charge is 2.23. The van der Waals surface area contributed by atoms with Crippen LogP contribution in [-0.2, 0) is 11.2 Å². The fraction of sp³-hybridized carbons (Fsp3) is 0.176. The van der Waals surface area contributed by atoms with Gasteiger partial charge in [-0.05, 0) is 42.3 Å². The van der Waals surface area contributed by atoms with Crippen molar-refractivity contribution < 1.29 is 18.4 Å². The Morgan fingerprint density at radius 1 is 1.17 bits per heavy atom. The van der Waals surface area contributed by atoms with E-state index in [2.05, 4.69) is 5.32 Å². The summed E-state index contributed by atoms with van der Waals surface area (Å²) >= 11 is 0. The van der Waals surface area contributed by atoms with Crippen LogP contribution in [0.1, 0.15) is 22.8 Å². The molecule has 0 aliphatic carbocycles. The van der Waals surface area contributed by atoms with Gasteiger partial charge in [0.2, 0.25) is 5.91 Å². The molecule has 2 aromatic carbocycles. The number of anilines is 2. The molecule has 0 bridgehead atoms. The summed E-state index contributed by atoms with van der Waals surface area (Å²) in [6.07, 6.45) is 0.657. The number of halogens is 2. The van der Waals surface area contributed by atoms with E-state index in [0.717, 1.165) is 17.3 Å². The van der Waals surface area contributed by atoms with Crippen molar-refractivity contribution in [3.63, 3.8) is 0 Å². The molecule has 3 rings (SSSR count). The number of nitrogens with one attached hydrogen (secondary N) is 1. The molecule has 1 aliphatic rings. The van der Waals surface area contributed by atoms with Crippen LogP contribution in [0.4, 0.5) is 20.2 Å². The van der Waals surface area contributed by atoms with Gasteiger partial charge in [0.25, 0.3) is 5.91 Å². The molecule has 23 heavy (non-hydrogen) atoms. The molecular weight excluding hydrogens is 302 g/mol. The van der Waals surface area contributed by atoms with Gasteiger partial charge in [-0.1, -0.05) is 6.07 Å². The van der Waals surface area contributed by atoms with Crippen molar-refractivity contribution in [3.8, 4) is 0 Å². The van der Waals surface area contributed by atoms with Gasteiger partial charge in [-0.25, -0.2) is 8.78 Å². The van der Waals surface area contributed by atoms with Crippen LogP contribution < -0.4 is 10.2 Å². The van der Waals surface area contributed by atoms with Crippen molar-refractivity contribution in [2.45, 2.75) is 13.3 Å². The minimum atomic E-state index is -1.09. The number of rotatable bonds is 2. The first kappa shape index (κ1) is 15.1. The van der Waals surface area contributed by atoms with Crippen molar-refractivity contribution in [1.29, 1.82) is 0 Å². The molecule has 1 aliphatic heterocycles. The maximum atomic E-state index is 13.6. The molecule has 0 saturated carbocycles. The lowest BCUT2D eigenvalue weighted by Gasteiger charge is -2.14. The summed E-state index contributed by atoms with van der Waals surface area (Å²) in [5.41, 5.74) is 1.79. The predicted octanol–water partition coefficient (Wildman–Crippen LogP) is 3.13. The number of benzene rings is 2. The molecule has 0 unspecified atom stereocenters. The van der Waals surface area contributed by atoms with Gasteiger partial charge in [0.05, 0.1) is 5.69 Å². The third kappa shape index (κ3) is 2.79. The van der Waals surface area contributed by atoms with Crippen LogP contribution in [0, 0.1) is 11.6 Å². The number of hydrogen-bond acceptors (Lipinski definition) is 2. The van der Waals surface area contributed by atoms with E-state index in [1.165, 1.54) is 19.1 Å². The second kappa shape index (κ2) is 5.79. The zero-order valence-electron chi connectivity index (χ0n) is 12.4. The van der Waals surface area contributed by atoms with Crippen molar-refractivity contribution >= 4 is 23.2 Å². The van der Waals surface area contributed by atoms with Crippen LogP contribution >= 0.6 is 0 Å². The highest BCUT2D eigenvalue weighted by Crippen LogP contribution is 2.29. The molecular formula is C17H14F2N2O2. The summed E-state index contributed by atoms with van der Waals surface area (Å²) in [4.78, 5) is 25.4. The summed E-state index contributed by atoms with van der Waals surface area (Å²) in [5.74, 6) is -2.69. The number of hydrogen-bond donors (Lipinski definition) is 1. The molecule has 1 N–H and O–H groups in total. The van der Waals surface area contributed by atoms with Gasteiger partial charge in [0.1, 0.15) is 0 Å². The Bertz CT molecular complexity index is 805. The van der Waals surface area contributed by atoms with Crippen LogP contribution in [0.5, 0.6) is 0 Å². The highest BCUT2D eigenvalue weighted by atomic mass is 19.2. The molecule has 2 amide bonds. The Morgan fingerprint density at radius 2 is 1.96 bits per heavy atom. The molecule has 1 heterocycles. The van der Waals surface area contributed by atoms with Crippen LogP contribution in [0.2, 0.25) is 0 Å². The average molecular weight is 316 g/mol. The molecule has 6 heteroatoms. The number of carbonyl (C=O) groups is 2. The predicted molar refractivity (Wildman–Crippen MR) is 82.5 cm³/mol. The Hall–Kier alpha value is -2.76. The maximum absolute atomic E-state index is 13.6. The first-order valence-electron chi connectivity index (χ1n) is 7.14. The zero-order valence-corrected chi connectivity index (χ0v) is 12.4. The normalized spacial score (nSPS) is 12.9. The second-order valence-electron chi connectivity index (χ2n) is 5.32. The molecule has 0 fully saturated rings. The number of carbonyl (C=O) groups excluding carboxylic acids is 2. The monoisotopic (exact) mass is 316 g/mol. The van der Waals surface area contributed by atoms with Crippen molar-refractivity contribution in [1.82, 2.24) is 0 Å². The Kier molecular flexibility index (Phi) is 3.82. The lowest BCUT2D eigenvalue weighted by molar-refractivity contribution is -0.116. The third-order valence-corrected chi connectivity index (χ3v) is 3.82. The molecule has 0 saturated heterocycles. The van der Waals surface area contributed by atoms with Gasteiger partial charge < -0.3 is 10.2 Å². The topological polar surface area (TPSA) is 49.4 Å². The summed E-state index contributed by atoms with van der Waals surface area (Å²) in [7, 11) is 0. The Balaban J connectivity index is 1.84. The molecule has 0 spiro atoms. The molecule has 0 aromatic heterocycles. The van der Waals surface area contributed by atoms with Gasteiger partial charge in [-0.2, -0.15) is 0 Å². The summed E-state index contributed by atoms with van der Waals surface area (Å²) in [6.45, 7) is 2.07. The number of fused-ring (bicyclic) bond motifs is 1. The van der Waals surface area contributed by atoms with E-state index in [1.807, 2.05) is 0 Å². The average Bonchev–Trinajstić information content (AvgIpc) is 2.95. The van der Waals surface area contributed by atoms with Crippen molar-refractivity contribution in [2.75, 3.05) is 16.8 Å². The van der Waals surface area contributed by atoms with E-state index >= 15 is 0 Å². The summed E-state index contributed by atoms with van der Waals surface area (Å²) in [5, 5.41) is 2.36. The van der Waals surface area contributed by atoms with Crippen molar-refractivity contribution in [3.05, 3.63) is 59.2 Å². The summed E-state index contributed by atoms with van der Waals surface area (Å²) < 4.78 is 26.8. The third-order valence-electron chi connectivity index (χ3n) is 3.82. The minimum Gasteiger partial charge on any atom is -0.319 e. The van der Waals surface area contributed by atoms with E-state index in [9.17, 15) is 18.4 Å². The summed E-state index contributed by atoms with van der Waals surface area (Å²) in [6, 6.07) is 8.53. The fourth-order valence-corrected chi connectivity index (χ4v) is 2.66. The van der Waals surface area contributed by atoms with Crippen LogP contribution in [-0.4, -0.2) is 18.4 Å². The van der Waals surface area contributed by atoms with E-state index in [-0.39, 0.29) is 11.6 Å².